The average molecular weight is 138 g/mol. The second kappa shape index (κ2) is 1.76. The van der Waals surface area contributed by atoms with Crippen LogP contribution in [0, 0.1) is 0 Å². The first-order valence-corrected chi connectivity index (χ1v) is 4.82. The summed E-state index contributed by atoms with van der Waals surface area (Å²) in [5.41, 5.74) is 0. The van der Waals surface area contributed by atoms with Gasteiger partial charge in [-0.3, -0.25) is 0 Å². The molecular formula is C9H16N+. The largest absolute Gasteiger partial charge is 0.328 e. The van der Waals surface area contributed by atoms with E-state index in [1.807, 2.05) is 4.90 Å². The van der Waals surface area contributed by atoms with Crippen LogP contribution < -0.4 is 4.90 Å². The fraction of sp³-hybridized carbons (Fsp3) is 1.00. The van der Waals surface area contributed by atoms with Crippen molar-refractivity contribution in [2.45, 2.75) is 56.7 Å². The highest BCUT2D eigenvalue weighted by Gasteiger charge is 2.50. The molecular weight excluding hydrogens is 122 g/mol. The Morgan fingerprint density at radius 2 is 0.900 bits per heavy atom. The lowest BCUT2D eigenvalue weighted by Gasteiger charge is -2.17. The molecule has 0 aliphatic carbocycles. The standard InChI is InChI=1S/C9H15N/c1-2-8-5-6-9-4-3-7(1)10(8)9/h7-9H,1-6H2/p+1. The number of hydrogen-bond acceptors (Lipinski definition) is 0. The van der Waals surface area contributed by atoms with E-state index >= 15 is 0 Å². The number of rotatable bonds is 0. The number of quaternary nitrogens is 1. The molecule has 3 aliphatic heterocycles. The van der Waals surface area contributed by atoms with E-state index in [2.05, 4.69) is 0 Å². The van der Waals surface area contributed by atoms with Gasteiger partial charge >= 0.3 is 0 Å². The van der Waals surface area contributed by atoms with Crippen LogP contribution in [0.1, 0.15) is 38.5 Å². The summed E-state index contributed by atoms with van der Waals surface area (Å²) in [6.07, 6.45) is 9.31. The summed E-state index contributed by atoms with van der Waals surface area (Å²) in [4.78, 5) is 2.03. The highest BCUT2D eigenvalue weighted by molar-refractivity contribution is 4.85. The molecule has 1 nitrogen and oxygen atoms in total. The second-order valence-corrected chi connectivity index (χ2v) is 4.32. The Labute approximate surface area is 62.4 Å². The topological polar surface area (TPSA) is 4.44 Å². The lowest BCUT2D eigenvalue weighted by Crippen LogP contribution is -3.16. The van der Waals surface area contributed by atoms with E-state index in [4.69, 9.17) is 0 Å². The number of hydrogen-bond donors (Lipinski definition) is 1. The quantitative estimate of drug-likeness (QED) is 0.493. The maximum Gasteiger partial charge on any atom is 0.0883 e. The molecule has 0 saturated carbocycles. The molecule has 3 fully saturated rings. The molecule has 0 atom stereocenters. The van der Waals surface area contributed by atoms with E-state index in [-0.39, 0.29) is 0 Å². The fourth-order valence-corrected chi connectivity index (χ4v) is 3.64. The lowest BCUT2D eigenvalue weighted by molar-refractivity contribution is -0.933. The van der Waals surface area contributed by atoms with Crippen molar-refractivity contribution in [2.75, 3.05) is 0 Å². The van der Waals surface area contributed by atoms with Gasteiger partial charge in [0.25, 0.3) is 0 Å². The van der Waals surface area contributed by atoms with Gasteiger partial charge in [-0.25, -0.2) is 0 Å². The zero-order valence-corrected chi connectivity index (χ0v) is 6.47. The molecule has 1 N–H and O–H groups in total. The third-order valence-electron chi connectivity index (χ3n) is 4.00. The van der Waals surface area contributed by atoms with Gasteiger partial charge < -0.3 is 4.90 Å². The first-order chi connectivity index (χ1) is 4.95. The summed E-state index contributed by atoms with van der Waals surface area (Å²) >= 11 is 0. The Kier molecular flexibility index (Phi) is 0.984. The molecule has 3 aliphatic rings. The van der Waals surface area contributed by atoms with Gasteiger partial charge in [-0.05, 0) is 0 Å². The minimum atomic E-state index is 1.11. The van der Waals surface area contributed by atoms with Crippen molar-refractivity contribution < 1.29 is 4.90 Å². The molecule has 0 aromatic heterocycles. The van der Waals surface area contributed by atoms with E-state index in [1.165, 1.54) is 0 Å². The van der Waals surface area contributed by atoms with Gasteiger partial charge in [-0.15, -0.1) is 0 Å². The summed E-state index contributed by atoms with van der Waals surface area (Å²) in [7, 11) is 0. The molecule has 1 heteroatoms. The van der Waals surface area contributed by atoms with Crippen LogP contribution in [0.15, 0.2) is 0 Å². The van der Waals surface area contributed by atoms with Crippen LogP contribution in [-0.2, 0) is 0 Å². The first-order valence-electron chi connectivity index (χ1n) is 4.82. The summed E-state index contributed by atoms with van der Waals surface area (Å²) in [6.45, 7) is 0. The maximum atomic E-state index is 2.03. The lowest BCUT2D eigenvalue weighted by atomic mass is 10.1. The van der Waals surface area contributed by atoms with Crippen LogP contribution in [0.5, 0.6) is 0 Å². The zero-order chi connectivity index (χ0) is 6.55. The molecule has 0 radical (unpaired) electrons. The molecule has 0 aromatic rings. The van der Waals surface area contributed by atoms with E-state index in [1.54, 1.807) is 38.5 Å². The van der Waals surface area contributed by atoms with Crippen molar-refractivity contribution in [1.82, 2.24) is 0 Å². The Morgan fingerprint density at radius 3 is 1.20 bits per heavy atom. The molecule has 0 unspecified atom stereocenters. The first kappa shape index (κ1) is 5.59. The minimum absolute atomic E-state index is 1.11. The third-order valence-corrected chi connectivity index (χ3v) is 4.00. The van der Waals surface area contributed by atoms with Crippen molar-refractivity contribution in [2.24, 2.45) is 0 Å². The zero-order valence-electron chi connectivity index (χ0n) is 6.47. The molecule has 3 rings (SSSR count). The van der Waals surface area contributed by atoms with Crippen LogP contribution in [0.2, 0.25) is 0 Å². The van der Waals surface area contributed by atoms with Gasteiger partial charge in [0.1, 0.15) is 0 Å². The van der Waals surface area contributed by atoms with Crippen molar-refractivity contribution in [3.63, 3.8) is 0 Å². The highest BCUT2D eigenvalue weighted by Crippen LogP contribution is 2.28. The van der Waals surface area contributed by atoms with E-state index in [0.717, 1.165) is 18.1 Å². The summed E-state index contributed by atoms with van der Waals surface area (Å²) in [5, 5.41) is 0. The maximum absolute atomic E-state index is 2.03. The average Bonchev–Trinajstić information content (AvgIpc) is 2.56. The van der Waals surface area contributed by atoms with Crippen LogP contribution >= 0.6 is 0 Å². The van der Waals surface area contributed by atoms with Crippen molar-refractivity contribution in [1.29, 1.82) is 0 Å². The van der Waals surface area contributed by atoms with Gasteiger partial charge in [0.05, 0.1) is 18.1 Å². The van der Waals surface area contributed by atoms with E-state index in [9.17, 15) is 0 Å². The Morgan fingerprint density at radius 1 is 0.600 bits per heavy atom. The minimum Gasteiger partial charge on any atom is -0.328 e. The van der Waals surface area contributed by atoms with Gasteiger partial charge in [0.15, 0.2) is 0 Å². The molecule has 0 aromatic carbocycles. The van der Waals surface area contributed by atoms with E-state index in [0.29, 0.717) is 0 Å². The Bertz CT molecular complexity index is 114. The molecule has 3 saturated heterocycles. The van der Waals surface area contributed by atoms with Gasteiger partial charge in [-0.2, -0.15) is 0 Å². The van der Waals surface area contributed by atoms with Crippen LogP contribution in [0.3, 0.4) is 0 Å². The van der Waals surface area contributed by atoms with Crippen molar-refractivity contribution in [3.05, 3.63) is 0 Å². The van der Waals surface area contributed by atoms with Gasteiger partial charge in [0.2, 0.25) is 0 Å². The van der Waals surface area contributed by atoms with Crippen molar-refractivity contribution >= 4 is 0 Å². The van der Waals surface area contributed by atoms with Crippen LogP contribution in [-0.4, -0.2) is 18.1 Å². The monoisotopic (exact) mass is 138 g/mol. The predicted octanol–water partition coefficient (Wildman–Crippen LogP) is 0.359. The summed E-state index contributed by atoms with van der Waals surface area (Å²) in [6, 6.07) is 3.33. The predicted molar refractivity (Wildman–Crippen MR) is 40.0 cm³/mol. The summed E-state index contributed by atoms with van der Waals surface area (Å²) in [5.74, 6) is 0. The number of nitrogens with one attached hydrogen (secondary N) is 1. The molecule has 0 bridgehead atoms. The summed E-state index contributed by atoms with van der Waals surface area (Å²) < 4.78 is 0. The second-order valence-electron chi connectivity index (χ2n) is 4.32. The van der Waals surface area contributed by atoms with Gasteiger partial charge in [-0.1, -0.05) is 0 Å². The molecule has 10 heavy (non-hydrogen) atoms. The highest BCUT2D eigenvalue weighted by atomic mass is 15.3. The van der Waals surface area contributed by atoms with Crippen LogP contribution in [0.25, 0.3) is 0 Å². The van der Waals surface area contributed by atoms with Crippen LogP contribution in [0.4, 0.5) is 0 Å². The van der Waals surface area contributed by atoms with Crippen molar-refractivity contribution in [3.8, 4) is 0 Å². The van der Waals surface area contributed by atoms with Gasteiger partial charge in [0, 0.05) is 38.5 Å². The fourth-order valence-electron chi connectivity index (χ4n) is 3.64. The molecule has 0 spiro atoms. The SMILES string of the molecule is C1CC2CCC3CCC1[NH+]23. The Balaban J connectivity index is 1.94. The smallest absolute Gasteiger partial charge is 0.0883 e. The van der Waals surface area contributed by atoms with E-state index < -0.39 is 0 Å². The molecule has 0 amide bonds. The molecule has 56 valence electrons. The molecule has 3 heterocycles. The normalized spacial score (nSPS) is 57.6. The Hall–Kier alpha value is -0.0400. The third kappa shape index (κ3) is 0.531.